The van der Waals surface area contributed by atoms with E-state index in [1.54, 1.807) is 0 Å². The summed E-state index contributed by atoms with van der Waals surface area (Å²) < 4.78 is 28.7. The van der Waals surface area contributed by atoms with Crippen LogP contribution in [0.4, 0.5) is 0 Å². The third-order valence-electron chi connectivity index (χ3n) is 5.62. The summed E-state index contributed by atoms with van der Waals surface area (Å²) >= 11 is 0. The molecule has 26 heavy (non-hydrogen) atoms. The lowest BCUT2D eigenvalue weighted by Crippen LogP contribution is -2.65. The fourth-order valence-corrected chi connectivity index (χ4v) is 5.02. The van der Waals surface area contributed by atoms with Gasteiger partial charge in [0, 0.05) is 36.9 Å². The van der Waals surface area contributed by atoms with Gasteiger partial charge in [-0.15, -0.1) is 24.0 Å². The van der Waals surface area contributed by atoms with Gasteiger partial charge in [-0.25, -0.2) is 8.42 Å². The van der Waals surface area contributed by atoms with Crippen molar-refractivity contribution in [1.29, 1.82) is 0 Å². The van der Waals surface area contributed by atoms with Crippen molar-refractivity contribution < 1.29 is 13.2 Å². The highest BCUT2D eigenvalue weighted by Gasteiger charge is 2.56. The summed E-state index contributed by atoms with van der Waals surface area (Å²) in [6.45, 7) is 7.56. The van der Waals surface area contributed by atoms with Crippen LogP contribution >= 0.6 is 24.0 Å². The SMILES string of the molecule is CCN=C(NC(C)CCS(C)(=O)=O)NC1CC(OCC)C12CCCC2.I. The van der Waals surface area contributed by atoms with Crippen LogP contribution in [0.2, 0.25) is 0 Å². The zero-order chi connectivity index (χ0) is 18.5. The van der Waals surface area contributed by atoms with Crippen molar-refractivity contribution in [2.75, 3.05) is 25.2 Å². The molecule has 0 heterocycles. The standard InChI is InChI=1S/C18H35N3O3S.HI/c1-5-19-17(20-14(3)9-12-25(4,22)23)21-15-13-16(24-6-2)18(15)10-7-8-11-18;/h14-16H,5-13H2,1-4H3,(H2,19,20,21);1H. The maximum atomic E-state index is 11.4. The monoisotopic (exact) mass is 501 g/mol. The number of nitrogens with zero attached hydrogens (tertiary/aromatic N) is 1. The Hall–Kier alpha value is -0.0900. The molecule has 8 heteroatoms. The number of hydrogen-bond donors (Lipinski definition) is 2. The second kappa shape index (κ2) is 10.5. The molecular formula is C18H36IN3O3S. The summed E-state index contributed by atoms with van der Waals surface area (Å²) in [7, 11) is -2.93. The Bertz CT molecular complexity index is 562. The summed E-state index contributed by atoms with van der Waals surface area (Å²) in [4.78, 5) is 4.56. The predicted molar refractivity (Wildman–Crippen MR) is 118 cm³/mol. The van der Waals surface area contributed by atoms with Crippen molar-refractivity contribution in [1.82, 2.24) is 10.6 Å². The Morgan fingerprint density at radius 1 is 1.31 bits per heavy atom. The van der Waals surface area contributed by atoms with Crippen molar-refractivity contribution in [3.8, 4) is 0 Å². The minimum Gasteiger partial charge on any atom is -0.378 e. The minimum atomic E-state index is -2.93. The van der Waals surface area contributed by atoms with Gasteiger partial charge in [0.05, 0.1) is 11.9 Å². The van der Waals surface area contributed by atoms with Gasteiger partial charge in [-0.05, 0) is 46.5 Å². The molecule has 0 saturated heterocycles. The Kier molecular flexibility index (Phi) is 9.63. The molecule has 1 spiro atoms. The van der Waals surface area contributed by atoms with Gasteiger partial charge in [0.15, 0.2) is 5.96 Å². The van der Waals surface area contributed by atoms with Crippen LogP contribution in [0.25, 0.3) is 0 Å². The first-order valence-corrected chi connectivity index (χ1v) is 11.7. The molecule has 0 aliphatic heterocycles. The molecule has 2 saturated carbocycles. The smallest absolute Gasteiger partial charge is 0.191 e. The molecule has 2 rings (SSSR count). The normalized spacial score (nSPS) is 26.1. The van der Waals surface area contributed by atoms with E-state index >= 15 is 0 Å². The highest BCUT2D eigenvalue weighted by atomic mass is 127. The maximum absolute atomic E-state index is 11.4. The summed E-state index contributed by atoms with van der Waals surface area (Å²) in [5.74, 6) is 0.995. The van der Waals surface area contributed by atoms with Crippen LogP contribution in [0.5, 0.6) is 0 Å². The molecule has 154 valence electrons. The number of sulfone groups is 1. The molecule has 0 amide bonds. The quantitative estimate of drug-likeness (QED) is 0.304. The number of nitrogens with one attached hydrogen (secondary N) is 2. The van der Waals surface area contributed by atoms with Crippen LogP contribution in [0.1, 0.15) is 59.3 Å². The molecule has 2 N–H and O–H groups in total. The highest BCUT2D eigenvalue weighted by Crippen LogP contribution is 2.54. The third kappa shape index (κ3) is 6.22. The molecule has 3 unspecified atom stereocenters. The van der Waals surface area contributed by atoms with Gasteiger partial charge in [-0.2, -0.15) is 0 Å². The number of guanidine groups is 1. The Labute approximate surface area is 176 Å². The van der Waals surface area contributed by atoms with Gasteiger partial charge >= 0.3 is 0 Å². The molecule has 0 radical (unpaired) electrons. The average molecular weight is 501 g/mol. The zero-order valence-electron chi connectivity index (χ0n) is 16.6. The van der Waals surface area contributed by atoms with Crippen molar-refractivity contribution in [2.24, 2.45) is 10.4 Å². The van der Waals surface area contributed by atoms with Gasteiger partial charge in [-0.1, -0.05) is 12.8 Å². The van der Waals surface area contributed by atoms with Crippen LogP contribution in [0.3, 0.4) is 0 Å². The lowest BCUT2D eigenvalue weighted by Gasteiger charge is -2.54. The van der Waals surface area contributed by atoms with E-state index in [1.807, 2.05) is 13.8 Å². The molecule has 0 aromatic heterocycles. The van der Waals surface area contributed by atoms with E-state index in [9.17, 15) is 8.42 Å². The summed E-state index contributed by atoms with van der Waals surface area (Å²) in [6, 6.07) is 0.460. The van der Waals surface area contributed by atoms with Gasteiger partial charge in [0.2, 0.25) is 0 Å². The van der Waals surface area contributed by atoms with E-state index in [-0.39, 0.29) is 41.2 Å². The summed E-state index contributed by atoms with van der Waals surface area (Å²) in [6.07, 6.45) is 8.25. The lowest BCUT2D eigenvalue weighted by molar-refractivity contribution is -0.125. The minimum absolute atomic E-state index is 0. The number of ether oxygens (including phenoxy) is 1. The Morgan fingerprint density at radius 3 is 2.50 bits per heavy atom. The van der Waals surface area contributed by atoms with Crippen LogP contribution in [-0.2, 0) is 14.6 Å². The number of aliphatic imine (C=N–C) groups is 1. The fourth-order valence-electron chi connectivity index (χ4n) is 4.24. The molecule has 0 bridgehead atoms. The first-order chi connectivity index (χ1) is 11.8. The number of hydrogen-bond acceptors (Lipinski definition) is 4. The number of halogens is 1. The van der Waals surface area contributed by atoms with E-state index in [2.05, 4.69) is 22.5 Å². The molecule has 2 fully saturated rings. The summed E-state index contributed by atoms with van der Waals surface area (Å²) in [5, 5.41) is 6.99. The topological polar surface area (TPSA) is 79.8 Å². The molecule has 3 atom stereocenters. The van der Waals surface area contributed by atoms with Crippen LogP contribution in [0, 0.1) is 5.41 Å². The largest absolute Gasteiger partial charge is 0.378 e. The van der Waals surface area contributed by atoms with E-state index in [1.165, 1.54) is 31.9 Å². The van der Waals surface area contributed by atoms with Gasteiger partial charge in [0.1, 0.15) is 9.84 Å². The fraction of sp³-hybridized carbons (Fsp3) is 0.944. The average Bonchev–Trinajstić information content (AvgIpc) is 3.04. The lowest BCUT2D eigenvalue weighted by atomic mass is 9.60. The molecule has 0 aromatic carbocycles. The molecule has 0 aromatic rings. The highest BCUT2D eigenvalue weighted by molar-refractivity contribution is 14.0. The van der Waals surface area contributed by atoms with Gasteiger partial charge in [0.25, 0.3) is 0 Å². The molecule has 6 nitrogen and oxygen atoms in total. The predicted octanol–water partition coefficient (Wildman–Crippen LogP) is 2.72. The van der Waals surface area contributed by atoms with E-state index < -0.39 is 9.84 Å². The van der Waals surface area contributed by atoms with Crippen LogP contribution < -0.4 is 10.6 Å². The Balaban J connectivity index is 0.00000338. The van der Waals surface area contributed by atoms with Crippen molar-refractivity contribution >= 4 is 39.8 Å². The van der Waals surface area contributed by atoms with Crippen molar-refractivity contribution in [3.63, 3.8) is 0 Å². The molecule has 2 aliphatic carbocycles. The third-order valence-corrected chi connectivity index (χ3v) is 6.60. The second-order valence-electron chi connectivity index (χ2n) is 7.60. The van der Waals surface area contributed by atoms with Gasteiger partial charge in [-0.3, -0.25) is 4.99 Å². The molecular weight excluding hydrogens is 465 g/mol. The van der Waals surface area contributed by atoms with Gasteiger partial charge < -0.3 is 15.4 Å². The first-order valence-electron chi connectivity index (χ1n) is 9.67. The van der Waals surface area contributed by atoms with E-state index in [4.69, 9.17) is 4.74 Å². The van der Waals surface area contributed by atoms with Crippen molar-refractivity contribution in [3.05, 3.63) is 0 Å². The maximum Gasteiger partial charge on any atom is 0.191 e. The summed E-state index contributed by atoms with van der Waals surface area (Å²) in [5.41, 5.74) is 0.252. The van der Waals surface area contributed by atoms with Crippen molar-refractivity contribution in [2.45, 2.75) is 77.5 Å². The molecule has 2 aliphatic rings. The van der Waals surface area contributed by atoms with E-state index in [0.717, 1.165) is 19.0 Å². The zero-order valence-corrected chi connectivity index (χ0v) is 19.7. The van der Waals surface area contributed by atoms with Crippen LogP contribution in [-0.4, -0.2) is 57.7 Å². The first kappa shape index (κ1) is 23.9. The van der Waals surface area contributed by atoms with Crippen LogP contribution in [0.15, 0.2) is 4.99 Å². The second-order valence-corrected chi connectivity index (χ2v) is 9.86. The van der Waals surface area contributed by atoms with E-state index in [0.29, 0.717) is 25.1 Å². The number of rotatable bonds is 8. The Morgan fingerprint density at radius 2 is 1.96 bits per heavy atom.